The molecule has 0 atom stereocenters. The van der Waals surface area contributed by atoms with Gasteiger partial charge in [0.25, 0.3) is 0 Å². The first kappa shape index (κ1) is 10.2. The maximum Gasteiger partial charge on any atom is 0.339 e. The first-order valence-electron chi connectivity index (χ1n) is 5.00. The molecule has 15 heavy (non-hydrogen) atoms. The second-order valence-corrected chi connectivity index (χ2v) is 3.59. The summed E-state index contributed by atoms with van der Waals surface area (Å²) in [5, 5.41) is 12.1. The summed E-state index contributed by atoms with van der Waals surface area (Å²) in [6.45, 7) is 4.34. The quantitative estimate of drug-likeness (QED) is 0.755. The van der Waals surface area contributed by atoms with E-state index in [9.17, 15) is 4.79 Å². The van der Waals surface area contributed by atoms with E-state index in [1.54, 1.807) is 0 Å². The molecule has 0 radical (unpaired) electrons. The van der Waals surface area contributed by atoms with Gasteiger partial charge in [-0.3, -0.25) is 4.90 Å². The first-order chi connectivity index (χ1) is 7.27. The van der Waals surface area contributed by atoms with Gasteiger partial charge in [0.15, 0.2) is 0 Å². The molecule has 2 rings (SSSR count). The van der Waals surface area contributed by atoms with Gasteiger partial charge in [0.2, 0.25) is 0 Å². The van der Waals surface area contributed by atoms with Gasteiger partial charge in [-0.2, -0.15) is 0 Å². The molecule has 2 heterocycles. The molecule has 1 fully saturated rings. The van der Waals surface area contributed by atoms with E-state index in [1.807, 2.05) is 0 Å². The van der Waals surface area contributed by atoms with Crippen LogP contribution < -0.4 is 5.32 Å². The number of hydrogen-bond donors (Lipinski definition) is 2. The van der Waals surface area contributed by atoms with Gasteiger partial charge < -0.3 is 14.8 Å². The molecule has 5 nitrogen and oxygen atoms in total. The zero-order valence-corrected chi connectivity index (χ0v) is 8.40. The van der Waals surface area contributed by atoms with E-state index in [-0.39, 0.29) is 5.56 Å². The number of carboxylic acids is 1. The fraction of sp³-hybridized carbons (Fsp3) is 0.500. The molecule has 82 valence electrons. The van der Waals surface area contributed by atoms with Crippen molar-refractivity contribution in [3.63, 3.8) is 0 Å². The highest BCUT2D eigenvalue weighted by atomic mass is 16.4. The van der Waals surface area contributed by atoms with E-state index in [0.717, 1.165) is 26.2 Å². The molecule has 0 spiro atoms. The molecule has 0 unspecified atom stereocenters. The Labute approximate surface area is 87.7 Å². The van der Waals surface area contributed by atoms with Crippen LogP contribution in [0, 0.1) is 0 Å². The molecule has 2 N–H and O–H groups in total. The fourth-order valence-electron chi connectivity index (χ4n) is 1.73. The largest absolute Gasteiger partial charge is 0.478 e. The maximum absolute atomic E-state index is 10.8. The zero-order chi connectivity index (χ0) is 10.7. The third-order valence-electron chi connectivity index (χ3n) is 2.55. The zero-order valence-electron chi connectivity index (χ0n) is 8.40. The van der Waals surface area contributed by atoms with Crippen molar-refractivity contribution in [3.8, 4) is 0 Å². The van der Waals surface area contributed by atoms with Crippen molar-refractivity contribution < 1.29 is 14.3 Å². The van der Waals surface area contributed by atoms with Gasteiger partial charge >= 0.3 is 5.97 Å². The van der Waals surface area contributed by atoms with Crippen LogP contribution in [0.3, 0.4) is 0 Å². The minimum atomic E-state index is -0.922. The number of carboxylic acid groups (broad SMARTS) is 1. The second-order valence-electron chi connectivity index (χ2n) is 3.59. The van der Waals surface area contributed by atoms with Gasteiger partial charge in [-0.15, -0.1) is 0 Å². The Bertz CT molecular complexity index is 342. The summed E-state index contributed by atoms with van der Waals surface area (Å²) in [7, 11) is 0. The minimum absolute atomic E-state index is 0.272. The smallest absolute Gasteiger partial charge is 0.339 e. The lowest BCUT2D eigenvalue weighted by Crippen LogP contribution is -2.43. The molecular formula is C10H14N2O3. The molecule has 1 aliphatic heterocycles. The Kier molecular flexibility index (Phi) is 3.03. The van der Waals surface area contributed by atoms with E-state index in [2.05, 4.69) is 10.2 Å². The molecule has 0 amide bonds. The number of aromatic carboxylic acids is 1. The predicted molar refractivity (Wildman–Crippen MR) is 53.8 cm³/mol. The lowest BCUT2D eigenvalue weighted by atomic mass is 10.2. The van der Waals surface area contributed by atoms with E-state index >= 15 is 0 Å². The summed E-state index contributed by atoms with van der Waals surface area (Å²) >= 11 is 0. The van der Waals surface area contributed by atoms with Crippen molar-refractivity contribution in [1.82, 2.24) is 10.2 Å². The summed E-state index contributed by atoms with van der Waals surface area (Å²) in [4.78, 5) is 13.0. The number of nitrogens with zero attached hydrogens (tertiary/aromatic N) is 1. The number of rotatable bonds is 3. The molecule has 1 saturated heterocycles. The summed E-state index contributed by atoms with van der Waals surface area (Å²) in [6.07, 6.45) is 1.43. The van der Waals surface area contributed by atoms with Crippen LogP contribution in [0.5, 0.6) is 0 Å². The van der Waals surface area contributed by atoms with Crippen LogP contribution in [-0.4, -0.2) is 42.2 Å². The molecule has 0 aliphatic carbocycles. The van der Waals surface area contributed by atoms with Crippen molar-refractivity contribution in [2.75, 3.05) is 26.2 Å². The normalized spacial score (nSPS) is 17.9. The third kappa shape index (κ3) is 2.37. The highest BCUT2D eigenvalue weighted by Gasteiger charge is 2.17. The van der Waals surface area contributed by atoms with Crippen LogP contribution in [0.1, 0.15) is 16.1 Å². The fourth-order valence-corrected chi connectivity index (χ4v) is 1.73. The van der Waals surface area contributed by atoms with Crippen molar-refractivity contribution in [2.45, 2.75) is 6.54 Å². The summed E-state index contributed by atoms with van der Waals surface area (Å²) in [5.41, 5.74) is 0.272. The highest BCUT2D eigenvalue weighted by Crippen LogP contribution is 2.13. The van der Waals surface area contributed by atoms with Crippen LogP contribution >= 0.6 is 0 Å². The van der Waals surface area contributed by atoms with E-state index in [4.69, 9.17) is 9.52 Å². The Morgan fingerprint density at radius 1 is 1.53 bits per heavy atom. The standard InChI is InChI=1S/C10H14N2O3/c13-10(14)8-1-6-15-9(8)7-12-4-2-11-3-5-12/h1,6,11H,2-5,7H2,(H,13,14). The Morgan fingerprint density at radius 2 is 2.27 bits per heavy atom. The van der Waals surface area contributed by atoms with Gasteiger partial charge in [0.05, 0.1) is 12.8 Å². The lowest BCUT2D eigenvalue weighted by Gasteiger charge is -2.26. The second kappa shape index (κ2) is 4.46. The average Bonchev–Trinajstić information content (AvgIpc) is 2.67. The van der Waals surface area contributed by atoms with Crippen LogP contribution in [0.15, 0.2) is 16.7 Å². The van der Waals surface area contributed by atoms with Crippen LogP contribution in [0.2, 0.25) is 0 Å². The third-order valence-corrected chi connectivity index (χ3v) is 2.55. The number of furan rings is 1. The number of carbonyl (C=O) groups is 1. The van der Waals surface area contributed by atoms with Crippen LogP contribution in [-0.2, 0) is 6.54 Å². The molecule has 0 bridgehead atoms. The monoisotopic (exact) mass is 210 g/mol. The molecular weight excluding hydrogens is 196 g/mol. The van der Waals surface area contributed by atoms with E-state index in [0.29, 0.717) is 12.3 Å². The summed E-state index contributed by atoms with van der Waals surface area (Å²) in [6, 6.07) is 1.50. The van der Waals surface area contributed by atoms with Gasteiger partial charge in [-0.05, 0) is 6.07 Å². The average molecular weight is 210 g/mol. The summed E-state index contributed by atoms with van der Waals surface area (Å²) in [5.74, 6) is -0.377. The van der Waals surface area contributed by atoms with Crippen molar-refractivity contribution in [1.29, 1.82) is 0 Å². The van der Waals surface area contributed by atoms with Crippen LogP contribution in [0.4, 0.5) is 0 Å². The SMILES string of the molecule is O=C(O)c1ccoc1CN1CCNCC1. The highest BCUT2D eigenvalue weighted by molar-refractivity contribution is 5.88. The van der Waals surface area contributed by atoms with Gasteiger partial charge in [-0.25, -0.2) is 4.79 Å². The number of hydrogen-bond acceptors (Lipinski definition) is 4. The van der Waals surface area contributed by atoms with E-state index in [1.165, 1.54) is 12.3 Å². The molecule has 0 aromatic carbocycles. The summed E-state index contributed by atoms with van der Waals surface area (Å²) < 4.78 is 5.19. The first-order valence-corrected chi connectivity index (χ1v) is 5.00. The number of piperazine rings is 1. The van der Waals surface area contributed by atoms with Gasteiger partial charge in [0.1, 0.15) is 11.3 Å². The molecule has 1 aliphatic rings. The molecule has 1 aromatic rings. The molecule has 5 heteroatoms. The van der Waals surface area contributed by atoms with E-state index < -0.39 is 5.97 Å². The van der Waals surface area contributed by atoms with Crippen molar-refractivity contribution in [2.24, 2.45) is 0 Å². The Balaban J connectivity index is 2.03. The molecule has 0 saturated carbocycles. The minimum Gasteiger partial charge on any atom is -0.478 e. The van der Waals surface area contributed by atoms with Crippen molar-refractivity contribution >= 4 is 5.97 Å². The predicted octanol–water partition coefficient (Wildman–Crippen LogP) is 0.383. The topological polar surface area (TPSA) is 65.7 Å². The van der Waals surface area contributed by atoms with Crippen molar-refractivity contribution in [3.05, 3.63) is 23.7 Å². The molecule has 1 aromatic heterocycles. The number of nitrogens with one attached hydrogen (secondary N) is 1. The Hall–Kier alpha value is -1.33. The lowest BCUT2D eigenvalue weighted by molar-refractivity contribution is 0.0692. The maximum atomic E-state index is 10.8. The van der Waals surface area contributed by atoms with Crippen LogP contribution in [0.25, 0.3) is 0 Å². The van der Waals surface area contributed by atoms with Gasteiger partial charge in [-0.1, -0.05) is 0 Å². The Morgan fingerprint density at radius 3 is 2.93 bits per heavy atom. The van der Waals surface area contributed by atoms with Gasteiger partial charge in [0, 0.05) is 26.2 Å².